The number of thioether (sulfide) groups is 1. The molecule has 58 valence electrons. The van der Waals surface area contributed by atoms with Crippen molar-refractivity contribution in [3.63, 3.8) is 0 Å². The van der Waals surface area contributed by atoms with Gasteiger partial charge in [-0.15, -0.1) is 0 Å². The molecule has 3 nitrogen and oxygen atoms in total. The molecule has 0 amide bonds. The third-order valence-corrected chi connectivity index (χ3v) is 1.99. The van der Waals surface area contributed by atoms with E-state index in [1.54, 1.807) is 11.5 Å². The number of carbonyl (C=O) groups excluding carboxylic acids is 1. The van der Waals surface area contributed by atoms with Crippen molar-refractivity contribution < 1.29 is 14.7 Å². The van der Waals surface area contributed by atoms with Crippen LogP contribution in [0.15, 0.2) is 22.5 Å². The molecular formula is C7H6O3S. The molecule has 0 radical (unpaired) electrons. The molecule has 0 atom stereocenters. The van der Waals surface area contributed by atoms with Gasteiger partial charge in [-0.2, -0.15) is 0 Å². The van der Waals surface area contributed by atoms with Crippen LogP contribution in [0.5, 0.6) is 0 Å². The molecule has 1 rings (SSSR count). The van der Waals surface area contributed by atoms with Crippen LogP contribution in [0.1, 0.15) is 6.42 Å². The van der Waals surface area contributed by atoms with Crippen LogP contribution in [0.3, 0.4) is 0 Å². The Morgan fingerprint density at radius 3 is 3.00 bits per heavy atom. The van der Waals surface area contributed by atoms with Crippen LogP contribution < -0.4 is 0 Å². The van der Waals surface area contributed by atoms with Crippen molar-refractivity contribution in [3.8, 4) is 0 Å². The molecule has 0 aromatic heterocycles. The van der Waals surface area contributed by atoms with E-state index in [9.17, 15) is 9.59 Å². The number of carboxylic acid groups (broad SMARTS) is 1. The van der Waals surface area contributed by atoms with Gasteiger partial charge in [-0.1, -0.05) is 17.8 Å². The summed E-state index contributed by atoms with van der Waals surface area (Å²) in [5.41, 5.74) is 0. The number of hydrogen-bond donors (Lipinski definition) is 1. The predicted molar refractivity (Wildman–Crippen MR) is 42.1 cm³/mol. The molecule has 11 heavy (non-hydrogen) atoms. The molecule has 0 aromatic rings. The predicted octanol–water partition coefficient (Wildman–Crippen LogP) is 1.17. The molecule has 1 heterocycles. The Morgan fingerprint density at radius 2 is 2.36 bits per heavy atom. The van der Waals surface area contributed by atoms with Gasteiger partial charge >= 0.3 is 5.97 Å². The highest BCUT2D eigenvalue weighted by molar-refractivity contribution is 8.06. The van der Waals surface area contributed by atoms with Crippen molar-refractivity contribution in [1.29, 1.82) is 0 Å². The van der Waals surface area contributed by atoms with E-state index >= 15 is 0 Å². The zero-order chi connectivity index (χ0) is 8.27. The lowest BCUT2D eigenvalue weighted by atomic mass is 10.2. The molecule has 0 saturated carbocycles. The molecular weight excluding hydrogens is 164 g/mol. The van der Waals surface area contributed by atoms with Crippen molar-refractivity contribution in [2.24, 2.45) is 0 Å². The second-order valence-corrected chi connectivity index (χ2v) is 2.92. The Hall–Kier alpha value is -1.03. The van der Waals surface area contributed by atoms with E-state index in [0.717, 1.165) is 17.8 Å². The quantitative estimate of drug-likeness (QED) is 0.641. The first-order chi connectivity index (χ1) is 5.20. The summed E-state index contributed by atoms with van der Waals surface area (Å²) in [6, 6.07) is 0. The molecule has 0 spiro atoms. The van der Waals surface area contributed by atoms with Gasteiger partial charge in [0.2, 0.25) is 0 Å². The third-order valence-electron chi connectivity index (χ3n) is 1.11. The Kier molecular flexibility index (Phi) is 2.48. The second kappa shape index (κ2) is 3.39. The van der Waals surface area contributed by atoms with E-state index in [0.29, 0.717) is 6.42 Å². The first-order valence-electron chi connectivity index (χ1n) is 2.99. The van der Waals surface area contributed by atoms with Crippen LogP contribution in [0.4, 0.5) is 0 Å². The highest BCUT2D eigenvalue weighted by atomic mass is 32.2. The van der Waals surface area contributed by atoms with Gasteiger partial charge < -0.3 is 5.11 Å². The van der Waals surface area contributed by atoms with Gasteiger partial charge in [0.15, 0.2) is 5.78 Å². The lowest BCUT2D eigenvalue weighted by molar-refractivity contribution is -0.132. The number of carboxylic acids is 1. The van der Waals surface area contributed by atoms with E-state index in [1.165, 1.54) is 0 Å². The Labute approximate surface area is 67.8 Å². The number of aliphatic carboxylic acids is 1. The highest BCUT2D eigenvalue weighted by Crippen LogP contribution is 2.20. The normalized spacial score (nSPS) is 17.5. The lowest BCUT2D eigenvalue weighted by Crippen LogP contribution is -1.98. The standard InChI is InChI=1S/C7H6O3S/c8-5-2-1-3-11-6(4-5)7(9)10/h1,3-4H,2H2,(H,9,10). The van der Waals surface area contributed by atoms with E-state index < -0.39 is 5.97 Å². The van der Waals surface area contributed by atoms with Crippen molar-refractivity contribution in [1.82, 2.24) is 0 Å². The number of rotatable bonds is 1. The lowest BCUT2D eigenvalue weighted by Gasteiger charge is -1.91. The maximum atomic E-state index is 10.8. The van der Waals surface area contributed by atoms with Crippen LogP contribution in [-0.4, -0.2) is 16.9 Å². The maximum Gasteiger partial charge on any atom is 0.342 e. The van der Waals surface area contributed by atoms with Crippen LogP contribution in [-0.2, 0) is 9.59 Å². The van der Waals surface area contributed by atoms with Gasteiger partial charge in [0, 0.05) is 12.5 Å². The molecule has 0 saturated heterocycles. The van der Waals surface area contributed by atoms with E-state index in [1.807, 2.05) is 0 Å². The Morgan fingerprint density at radius 1 is 1.64 bits per heavy atom. The molecule has 0 aliphatic carbocycles. The van der Waals surface area contributed by atoms with Gasteiger partial charge in [0.1, 0.15) is 4.91 Å². The van der Waals surface area contributed by atoms with Crippen molar-refractivity contribution in [2.45, 2.75) is 6.42 Å². The molecule has 4 heteroatoms. The summed E-state index contributed by atoms with van der Waals surface area (Å²) in [4.78, 5) is 21.3. The number of hydrogen-bond acceptors (Lipinski definition) is 3. The number of allylic oxidation sites excluding steroid dienone is 2. The van der Waals surface area contributed by atoms with Crippen LogP contribution in [0.2, 0.25) is 0 Å². The van der Waals surface area contributed by atoms with Gasteiger partial charge in [-0.05, 0) is 5.41 Å². The zero-order valence-electron chi connectivity index (χ0n) is 5.61. The molecule has 0 aromatic carbocycles. The van der Waals surface area contributed by atoms with Gasteiger partial charge in [-0.25, -0.2) is 4.79 Å². The minimum atomic E-state index is -1.05. The maximum absolute atomic E-state index is 10.8. The first-order valence-corrected chi connectivity index (χ1v) is 3.87. The fraction of sp³-hybridized carbons (Fsp3) is 0.143. The average molecular weight is 170 g/mol. The summed E-state index contributed by atoms with van der Waals surface area (Å²) in [7, 11) is 0. The monoisotopic (exact) mass is 170 g/mol. The first kappa shape index (κ1) is 8.07. The molecule has 0 fully saturated rings. The van der Waals surface area contributed by atoms with E-state index in [-0.39, 0.29) is 10.7 Å². The third kappa shape index (κ3) is 2.23. The SMILES string of the molecule is O=C1C=C(C(=O)O)SC=CC1. The van der Waals surface area contributed by atoms with Gasteiger partial charge in [0.25, 0.3) is 0 Å². The molecule has 0 bridgehead atoms. The van der Waals surface area contributed by atoms with Gasteiger partial charge in [-0.3, -0.25) is 4.79 Å². The summed E-state index contributed by atoms with van der Waals surface area (Å²) >= 11 is 1.06. The summed E-state index contributed by atoms with van der Waals surface area (Å²) in [5, 5.41) is 10.1. The fourth-order valence-electron chi connectivity index (χ4n) is 0.637. The fourth-order valence-corrected chi connectivity index (χ4v) is 1.28. The van der Waals surface area contributed by atoms with E-state index in [4.69, 9.17) is 5.11 Å². The second-order valence-electron chi connectivity index (χ2n) is 1.97. The molecule has 1 aliphatic heterocycles. The summed E-state index contributed by atoms with van der Waals surface area (Å²) in [6.45, 7) is 0. The summed E-state index contributed by atoms with van der Waals surface area (Å²) < 4.78 is 0. The van der Waals surface area contributed by atoms with Crippen LogP contribution >= 0.6 is 11.8 Å². The van der Waals surface area contributed by atoms with Crippen molar-refractivity contribution in [3.05, 3.63) is 22.5 Å². The van der Waals surface area contributed by atoms with Crippen LogP contribution in [0.25, 0.3) is 0 Å². The number of ketones is 1. The Bertz CT molecular complexity index is 252. The van der Waals surface area contributed by atoms with Gasteiger partial charge in [0.05, 0.1) is 0 Å². The molecule has 0 unspecified atom stereocenters. The zero-order valence-corrected chi connectivity index (χ0v) is 6.43. The Balaban J connectivity index is 2.85. The molecule has 1 N–H and O–H groups in total. The minimum Gasteiger partial charge on any atom is -0.477 e. The number of carbonyl (C=O) groups is 2. The molecule has 1 aliphatic rings. The van der Waals surface area contributed by atoms with Crippen molar-refractivity contribution in [2.75, 3.05) is 0 Å². The minimum absolute atomic E-state index is 0.0868. The average Bonchev–Trinajstić information content (AvgIpc) is 2.13. The largest absolute Gasteiger partial charge is 0.477 e. The van der Waals surface area contributed by atoms with Crippen LogP contribution in [0, 0.1) is 0 Å². The smallest absolute Gasteiger partial charge is 0.342 e. The van der Waals surface area contributed by atoms with E-state index in [2.05, 4.69) is 0 Å². The van der Waals surface area contributed by atoms with Crippen molar-refractivity contribution >= 4 is 23.5 Å². The summed E-state index contributed by atoms with van der Waals surface area (Å²) in [5.74, 6) is -1.21. The topological polar surface area (TPSA) is 54.4 Å². The summed E-state index contributed by atoms with van der Waals surface area (Å²) in [6.07, 6.45) is 3.11. The highest BCUT2D eigenvalue weighted by Gasteiger charge is 2.10.